The molecule has 0 aromatic rings. The Labute approximate surface area is 62.2 Å². The molecule has 0 aliphatic carbocycles. The largest absolute Gasteiger partial charge is 0.393 e. The number of hydrogen-bond donors (Lipinski definition) is 2. The Hall–Kier alpha value is -0.340. The molecule has 2 N–H and O–H groups in total. The van der Waals surface area contributed by atoms with Crippen LogP contribution in [-0.2, 0) is 0 Å². The number of aliphatic hydroxyl groups excluding tert-OH is 2. The van der Waals surface area contributed by atoms with E-state index in [-0.39, 0.29) is 12.2 Å². The Kier molecular flexibility index (Phi) is 5.26. The highest BCUT2D eigenvalue weighted by molar-refractivity contribution is 4.88. The molecule has 0 bridgehead atoms. The lowest BCUT2D eigenvalue weighted by molar-refractivity contribution is 0.196. The van der Waals surface area contributed by atoms with Gasteiger partial charge in [-0.3, -0.25) is 0 Å². The van der Waals surface area contributed by atoms with Crippen molar-refractivity contribution in [2.45, 2.75) is 38.9 Å². The van der Waals surface area contributed by atoms with Crippen LogP contribution in [-0.4, -0.2) is 22.4 Å². The Bertz CT molecular complexity index is 97.4. The summed E-state index contributed by atoms with van der Waals surface area (Å²) < 4.78 is 0. The monoisotopic (exact) mass is 144 g/mol. The SMILES string of the molecule is CCC(O)C=CCC(C)O. The predicted molar refractivity (Wildman–Crippen MR) is 41.7 cm³/mol. The summed E-state index contributed by atoms with van der Waals surface area (Å²) >= 11 is 0. The summed E-state index contributed by atoms with van der Waals surface area (Å²) in [6.45, 7) is 3.64. The molecule has 0 aromatic heterocycles. The molecule has 0 aliphatic rings. The third-order valence-electron chi connectivity index (χ3n) is 1.25. The fourth-order valence-corrected chi connectivity index (χ4v) is 0.569. The molecule has 10 heavy (non-hydrogen) atoms. The van der Waals surface area contributed by atoms with Crippen LogP contribution >= 0.6 is 0 Å². The van der Waals surface area contributed by atoms with Crippen molar-refractivity contribution in [3.8, 4) is 0 Å². The van der Waals surface area contributed by atoms with E-state index in [1.807, 2.05) is 6.92 Å². The summed E-state index contributed by atoms with van der Waals surface area (Å²) in [5.41, 5.74) is 0. The van der Waals surface area contributed by atoms with Gasteiger partial charge < -0.3 is 10.2 Å². The number of aliphatic hydroxyl groups is 2. The fourth-order valence-electron chi connectivity index (χ4n) is 0.569. The zero-order chi connectivity index (χ0) is 7.98. The maximum atomic E-state index is 9.00. The first kappa shape index (κ1) is 9.66. The van der Waals surface area contributed by atoms with Gasteiger partial charge in [0.25, 0.3) is 0 Å². The molecule has 2 nitrogen and oxygen atoms in total. The van der Waals surface area contributed by atoms with E-state index in [2.05, 4.69) is 0 Å². The van der Waals surface area contributed by atoms with Crippen molar-refractivity contribution in [2.24, 2.45) is 0 Å². The van der Waals surface area contributed by atoms with Gasteiger partial charge in [0.05, 0.1) is 12.2 Å². The molecule has 2 unspecified atom stereocenters. The van der Waals surface area contributed by atoms with Crippen LogP contribution in [0.2, 0.25) is 0 Å². The first-order valence-electron chi connectivity index (χ1n) is 3.69. The summed E-state index contributed by atoms with van der Waals surface area (Å²) in [6.07, 6.45) is 4.22. The van der Waals surface area contributed by atoms with Gasteiger partial charge in [-0.1, -0.05) is 19.1 Å². The summed E-state index contributed by atoms with van der Waals surface area (Å²) in [7, 11) is 0. The number of rotatable bonds is 4. The van der Waals surface area contributed by atoms with E-state index < -0.39 is 0 Å². The second kappa shape index (κ2) is 5.45. The summed E-state index contributed by atoms with van der Waals surface area (Å²) in [6, 6.07) is 0. The van der Waals surface area contributed by atoms with Crippen LogP contribution in [0, 0.1) is 0 Å². The predicted octanol–water partition coefficient (Wildman–Crippen LogP) is 1.08. The van der Waals surface area contributed by atoms with Gasteiger partial charge >= 0.3 is 0 Å². The lowest BCUT2D eigenvalue weighted by Crippen LogP contribution is -2.00. The second-order valence-corrected chi connectivity index (χ2v) is 2.49. The molecule has 0 saturated heterocycles. The van der Waals surface area contributed by atoms with Crippen molar-refractivity contribution < 1.29 is 10.2 Å². The molecule has 2 atom stereocenters. The van der Waals surface area contributed by atoms with Crippen LogP contribution < -0.4 is 0 Å². The Morgan fingerprint density at radius 1 is 1.40 bits per heavy atom. The molecule has 60 valence electrons. The highest BCUT2D eigenvalue weighted by atomic mass is 16.3. The Morgan fingerprint density at radius 2 is 2.00 bits per heavy atom. The van der Waals surface area contributed by atoms with Crippen molar-refractivity contribution >= 4 is 0 Å². The highest BCUT2D eigenvalue weighted by Gasteiger charge is 1.93. The van der Waals surface area contributed by atoms with Crippen molar-refractivity contribution in [1.29, 1.82) is 0 Å². The van der Waals surface area contributed by atoms with Crippen molar-refractivity contribution in [3.63, 3.8) is 0 Å². The zero-order valence-corrected chi connectivity index (χ0v) is 6.62. The smallest absolute Gasteiger partial charge is 0.0718 e. The van der Waals surface area contributed by atoms with E-state index >= 15 is 0 Å². The minimum absolute atomic E-state index is 0.305. The molecule has 0 spiro atoms. The van der Waals surface area contributed by atoms with Crippen LogP contribution in [0.15, 0.2) is 12.2 Å². The van der Waals surface area contributed by atoms with Gasteiger partial charge in [0.15, 0.2) is 0 Å². The standard InChI is InChI=1S/C8H16O2/c1-3-8(10)6-4-5-7(2)9/h4,6-10H,3,5H2,1-2H3. The minimum Gasteiger partial charge on any atom is -0.393 e. The van der Waals surface area contributed by atoms with Crippen molar-refractivity contribution in [2.75, 3.05) is 0 Å². The maximum absolute atomic E-state index is 9.00. The van der Waals surface area contributed by atoms with Crippen LogP contribution in [0.1, 0.15) is 26.7 Å². The fraction of sp³-hybridized carbons (Fsp3) is 0.750. The lowest BCUT2D eigenvalue weighted by Gasteiger charge is -2.00. The highest BCUT2D eigenvalue weighted by Crippen LogP contribution is 1.95. The first-order valence-corrected chi connectivity index (χ1v) is 3.69. The first-order chi connectivity index (χ1) is 4.66. The van der Waals surface area contributed by atoms with E-state index in [4.69, 9.17) is 10.2 Å². The third kappa shape index (κ3) is 5.79. The molecule has 0 heterocycles. The molecular weight excluding hydrogens is 128 g/mol. The second-order valence-electron chi connectivity index (χ2n) is 2.49. The van der Waals surface area contributed by atoms with Gasteiger partial charge in [-0.05, 0) is 19.8 Å². The molecule has 2 heteroatoms. The van der Waals surface area contributed by atoms with E-state index in [1.165, 1.54) is 0 Å². The third-order valence-corrected chi connectivity index (χ3v) is 1.25. The quantitative estimate of drug-likeness (QED) is 0.580. The van der Waals surface area contributed by atoms with Crippen LogP contribution in [0.4, 0.5) is 0 Å². The molecule has 0 rings (SSSR count). The van der Waals surface area contributed by atoms with Crippen molar-refractivity contribution in [1.82, 2.24) is 0 Å². The summed E-state index contributed by atoms with van der Waals surface area (Å²) in [5.74, 6) is 0. The normalized spacial score (nSPS) is 17.6. The average Bonchev–Trinajstić information content (AvgIpc) is 1.87. The van der Waals surface area contributed by atoms with Gasteiger partial charge in [0, 0.05) is 0 Å². The molecule has 0 saturated carbocycles. The molecule has 0 radical (unpaired) electrons. The van der Waals surface area contributed by atoms with Gasteiger partial charge in [-0.15, -0.1) is 0 Å². The van der Waals surface area contributed by atoms with E-state index in [1.54, 1.807) is 19.1 Å². The topological polar surface area (TPSA) is 40.5 Å². The Balaban J connectivity index is 3.36. The minimum atomic E-state index is -0.348. The zero-order valence-electron chi connectivity index (χ0n) is 6.62. The maximum Gasteiger partial charge on any atom is 0.0718 e. The van der Waals surface area contributed by atoms with Gasteiger partial charge in [-0.2, -0.15) is 0 Å². The van der Waals surface area contributed by atoms with Gasteiger partial charge in [-0.25, -0.2) is 0 Å². The Morgan fingerprint density at radius 3 is 2.40 bits per heavy atom. The van der Waals surface area contributed by atoms with E-state index in [9.17, 15) is 0 Å². The van der Waals surface area contributed by atoms with Crippen molar-refractivity contribution in [3.05, 3.63) is 12.2 Å². The summed E-state index contributed by atoms with van der Waals surface area (Å²) in [4.78, 5) is 0. The molecule has 0 fully saturated rings. The molecule has 0 aromatic carbocycles. The van der Waals surface area contributed by atoms with Crippen LogP contribution in [0.25, 0.3) is 0 Å². The lowest BCUT2D eigenvalue weighted by atomic mass is 10.2. The average molecular weight is 144 g/mol. The molecule has 0 amide bonds. The van der Waals surface area contributed by atoms with E-state index in [0.717, 1.165) is 6.42 Å². The molecular formula is C8H16O2. The van der Waals surface area contributed by atoms with E-state index in [0.29, 0.717) is 6.42 Å². The molecule has 0 aliphatic heterocycles. The van der Waals surface area contributed by atoms with Crippen LogP contribution in [0.5, 0.6) is 0 Å². The van der Waals surface area contributed by atoms with Gasteiger partial charge in [0.2, 0.25) is 0 Å². The number of hydrogen-bond acceptors (Lipinski definition) is 2. The summed E-state index contributed by atoms with van der Waals surface area (Å²) in [5, 5.41) is 17.8. The van der Waals surface area contributed by atoms with Crippen LogP contribution in [0.3, 0.4) is 0 Å². The van der Waals surface area contributed by atoms with Gasteiger partial charge in [0.1, 0.15) is 0 Å².